The largest absolute Gasteiger partial charge is 0.399 e. The van der Waals surface area contributed by atoms with Crippen molar-refractivity contribution in [2.45, 2.75) is 17.2 Å². The highest BCUT2D eigenvalue weighted by Crippen LogP contribution is 2.38. The predicted octanol–water partition coefficient (Wildman–Crippen LogP) is 3.70. The van der Waals surface area contributed by atoms with E-state index in [0.29, 0.717) is 0 Å². The van der Waals surface area contributed by atoms with Gasteiger partial charge in [0.1, 0.15) is 0 Å². The molecule has 1 nitrogen and oxygen atoms in total. The number of hydrogen-bond acceptors (Lipinski definition) is 2. The molecule has 0 saturated carbocycles. The van der Waals surface area contributed by atoms with Gasteiger partial charge in [-0.15, -0.1) is 11.8 Å². The number of nitrogen functional groups attached to an aromatic ring is 1. The van der Waals surface area contributed by atoms with Gasteiger partial charge in [0.05, 0.1) is 0 Å². The fourth-order valence-electron chi connectivity index (χ4n) is 2.27. The van der Waals surface area contributed by atoms with Crippen molar-refractivity contribution in [1.82, 2.24) is 0 Å². The number of hydrogen-bond donors (Lipinski definition) is 1. The zero-order chi connectivity index (χ0) is 11.7. The third-order valence-corrected chi connectivity index (χ3v) is 4.47. The van der Waals surface area contributed by atoms with Crippen molar-refractivity contribution in [3.05, 3.63) is 59.7 Å². The van der Waals surface area contributed by atoms with E-state index in [2.05, 4.69) is 36.4 Å². The van der Waals surface area contributed by atoms with Crippen molar-refractivity contribution in [1.29, 1.82) is 0 Å². The van der Waals surface area contributed by atoms with Gasteiger partial charge in [0.25, 0.3) is 0 Å². The van der Waals surface area contributed by atoms with Crippen LogP contribution in [-0.2, 0) is 6.42 Å². The molecule has 1 aliphatic carbocycles. The minimum atomic E-state index is 0.730. The number of rotatable bonds is 3. The van der Waals surface area contributed by atoms with Crippen LogP contribution in [0.4, 0.5) is 5.69 Å². The lowest BCUT2D eigenvalue weighted by atomic mass is 9.79. The average Bonchev–Trinajstić information content (AvgIpc) is 2.33. The molecule has 1 atom stereocenters. The SMILES string of the molecule is Nc1ccc(SCC2Cc3ccccc32)cc1. The maximum atomic E-state index is 5.67. The number of fused-ring (bicyclic) bond motifs is 1. The molecule has 17 heavy (non-hydrogen) atoms. The number of benzene rings is 2. The van der Waals surface area contributed by atoms with Gasteiger partial charge in [-0.3, -0.25) is 0 Å². The summed E-state index contributed by atoms with van der Waals surface area (Å²) >= 11 is 1.92. The molecule has 86 valence electrons. The van der Waals surface area contributed by atoms with E-state index in [1.54, 1.807) is 0 Å². The molecule has 2 heteroatoms. The van der Waals surface area contributed by atoms with E-state index < -0.39 is 0 Å². The van der Waals surface area contributed by atoms with Crippen LogP contribution in [0.3, 0.4) is 0 Å². The molecule has 0 heterocycles. The van der Waals surface area contributed by atoms with Crippen LogP contribution < -0.4 is 5.73 Å². The van der Waals surface area contributed by atoms with Gasteiger partial charge in [0.2, 0.25) is 0 Å². The minimum Gasteiger partial charge on any atom is -0.399 e. The van der Waals surface area contributed by atoms with Gasteiger partial charge < -0.3 is 5.73 Å². The quantitative estimate of drug-likeness (QED) is 0.655. The Morgan fingerprint density at radius 2 is 1.82 bits per heavy atom. The standard InChI is InChI=1S/C15H15NS/c16-13-5-7-14(8-6-13)17-10-12-9-11-3-1-2-4-15(11)12/h1-8,12H,9-10,16H2. The second-order valence-corrected chi connectivity index (χ2v) is 5.57. The van der Waals surface area contributed by atoms with Crippen LogP contribution in [0.25, 0.3) is 0 Å². The Labute approximate surface area is 106 Å². The van der Waals surface area contributed by atoms with E-state index in [-0.39, 0.29) is 0 Å². The summed E-state index contributed by atoms with van der Waals surface area (Å²) in [5, 5.41) is 0. The maximum Gasteiger partial charge on any atom is 0.0314 e. The molecule has 0 radical (unpaired) electrons. The molecule has 2 aromatic carbocycles. The third kappa shape index (κ3) is 2.18. The summed E-state index contributed by atoms with van der Waals surface area (Å²) in [5.41, 5.74) is 9.57. The zero-order valence-corrected chi connectivity index (χ0v) is 10.4. The van der Waals surface area contributed by atoms with Gasteiger partial charge in [-0.2, -0.15) is 0 Å². The van der Waals surface area contributed by atoms with Gasteiger partial charge in [-0.05, 0) is 47.7 Å². The van der Waals surface area contributed by atoms with Gasteiger partial charge in [0, 0.05) is 16.3 Å². The van der Waals surface area contributed by atoms with Crippen LogP contribution in [0.15, 0.2) is 53.4 Å². The Balaban J connectivity index is 1.62. The molecule has 1 aliphatic rings. The van der Waals surface area contributed by atoms with Crippen molar-refractivity contribution in [3.63, 3.8) is 0 Å². The zero-order valence-electron chi connectivity index (χ0n) is 9.60. The lowest BCUT2D eigenvalue weighted by Gasteiger charge is -2.29. The summed E-state index contributed by atoms with van der Waals surface area (Å²) < 4.78 is 0. The molecular formula is C15H15NS. The second-order valence-electron chi connectivity index (χ2n) is 4.48. The summed E-state index contributed by atoms with van der Waals surface area (Å²) in [5.74, 6) is 1.90. The average molecular weight is 241 g/mol. The fourth-order valence-corrected chi connectivity index (χ4v) is 3.29. The first-order valence-electron chi connectivity index (χ1n) is 5.89. The Kier molecular flexibility index (Phi) is 2.81. The second kappa shape index (κ2) is 4.46. The van der Waals surface area contributed by atoms with E-state index in [1.165, 1.54) is 28.2 Å². The van der Waals surface area contributed by atoms with Gasteiger partial charge in [-0.1, -0.05) is 24.3 Å². The summed E-state index contributed by atoms with van der Waals surface area (Å²) in [7, 11) is 0. The Morgan fingerprint density at radius 3 is 2.59 bits per heavy atom. The normalized spacial score (nSPS) is 17.3. The molecule has 0 saturated heterocycles. The summed E-state index contributed by atoms with van der Waals surface area (Å²) in [6.07, 6.45) is 1.23. The van der Waals surface area contributed by atoms with Gasteiger partial charge in [0.15, 0.2) is 0 Å². The number of nitrogens with two attached hydrogens (primary N) is 1. The van der Waals surface area contributed by atoms with Crippen LogP contribution in [0.1, 0.15) is 17.0 Å². The Bertz CT molecular complexity index is 519. The van der Waals surface area contributed by atoms with Gasteiger partial charge in [-0.25, -0.2) is 0 Å². The van der Waals surface area contributed by atoms with E-state index in [9.17, 15) is 0 Å². The minimum absolute atomic E-state index is 0.730. The Hall–Kier alpha value is -1.41. The first kappa shape index (κ1) is 10.7. The molecule has 0 fully saturated rings. The summed E-state index contributed by atoms with van der Waals surface area (Å²) in [6.45, 7) is 0. The van der Waals surface area contributed by atoms with Crippen molar-refractivity contribution >= 4 is 17.4 Å². The molecule has 2 N–H and O–H groups in total. The van der Waals surface area contributed by atoms with E-state index in [4.69, 9.17) is 5.73 Å². The number of anilines is 1. The van der Waals surface area contributed by atoms with Gasteiger partial charge >= 0.3 is 0 Å². The molecule has 2 aromatic rings. The van der Waals surface area contributed by atoms with E-state index in [1.807, 2.05) is 23.9 Å². The van der Waals surface area contributed by atoms with Crippen molar-refractivity contribution in [2.24, 2.45) is 0 Å². The molecule has 3 rings (SSSR count). The highest BCUT2D eigenvalue weighted by molar-refractivity contribution is 7.99. The van der Waals surface area contributed by atoms with Crippen LogP contribution in [0.5, 0.6) is 0 Å². The topological polar surface area (TPSA) is 26.0 Å². The molecule has 1 unspecified atom stereocenters. The predicted molar refractivity (Wildman–Crippen MR) is 74.5 cm³/mol. The van der Waals surface area contributed by atoms with E-state index >= 15 is 0 Å². The lowest BCUT2D eigenvalue weighted by Crippen LogP contribution is -2.18. The summed E-state index contributed by atoms with van der Waals surface area (Å²) in [4.78, 5) is 1.31. The molecule has 0 spiro atoms. The first-order valence-corrected chi connectivity index (χ1v) is 6.87. The maximum absolute atomic E-state index is 5.67. The van der Waals surface area contributed by atoms with Crippen molar-refractivity contribution < 1.29 is 0 Å². The molecule has 0 bridgehead atoms. The van der Waals surface area contributed by atoms with Crippen molar-refractivity contribution in [3.8, 4) is 0 Å². The van der Waals surface area contributed by atoms with Crippen LogP contribution >= 0.6 is 11.8 Å². The first-order chi connectivity index (χ1) is 8.33. The van der Waals surface area contributed by atoms with Crippen LogP contribution in [0.2, 0.25) is 0 Å². The lowest BCUT2D eigenvalue weighted by molar-refractivity contribution is 0.677. The monoisotopic (exact) mass is 241 g/mol. The Morgan fingerprint density at radius 1 is 1.06 bits per heavy atom. The summed E-state index contributed by atoms with van der Waals surface area (Å²) in [6, 6.07) is 16.9. The molecule has 0 amide bonds. The van der Waals surface area contributed by atoms with E-state index in [0.717, 1.165) is 11.6 Å². The molecular weight excluding hydrogens is 226 g/mol. The van der Waals surface area contributed by atoms with Crippen molar-refractivity contribution in [2.75, 3.05) is 11.5 Å². The number of thioether (sulfide) groups is 1. The van der Waals surface area contributed by atoms with Crippen LogP contribution in [0, 0.1) is 0 Å². The fraction of sp³-hybridized carbons (Fsp3) is 0.200. The molecule has 0 aliphatic heterocycles. The third-order valence-electron chi connectivity index (χ3n) is 3.29. The smallest absolute Gasteiger partial charge is 0.0314 e. The highest BCUT2D eigenvalue weighted by atomic mass is 32.2. The van der Waals surface area contributed by atoms with Crippen LogP contribution in [-0.4, -0.2) is 5.75 Å². The molecule has 0 aromatic heterocycles. The highest BCUT2D eigenvalue weighted by Gasteiger charge is 2.24.